The topological polar surface area (TPSA) is 95.6 Å². The number of amidine groups is 1. The highest BCUT2D eigenvalue weighted by molar-refractivity contribution is 6.08. The zero-order chi connectivity index (χ0) is 22.5. The molecule has 3 aromatic rings. The van der Waals surface area contributed by atoms with Crippen molar-refractivity contribution in [3.05, 3.63) is 113 Å². The molecular formula is C27H20N4O2. The van der Waals surface area contributed by atoms with Crippen molar-refractivity contribution in [3.8, 4) is 6.07 Å². The summed E-state index contributed by atoms with van der Waals surface area (Å²) in [4.78, 5) is 20.4. The van der Waals surface area contributed by atoms with Crippen LogP contribution in [0.15, 0.2) is 105 Å². The molecule has 0 saturated heterocycles. The Morgan fingerprint density at radius 2 is 1.82 bits per heavy atom. The summed E-state index contributed by atoms with van der Waals surface area (Å²) in [6, 6.07) is 23.5. The maximum Gasteiger partial charge on any atom is 0.162 e. The zero-order valence-electron chi connectivity index (χ0n) is 17.7. The van der Waals surface area contributed by atoms with Gasteiger partial charge in [-0.05, 0) is 36.2 Å². The predicted octanol–water partition coefficient (Wildman–Crippen LogP) is 4.74. The average Bonchev–Trinajstić information content (AvgIpc) is 3.39. The number of hydrogen-bond donors (Lipinski definition) is 1. The number of fused-ring (bicyclic) bond motifs is 4. The van der Waals surface area contributed by atoms with Crippen LogP contribution in [-0.2, 0) is 4.79 Å². The minimum atomic E-state index is -0.482. The van der Waals surface area contributed by atoms with E-state index in [2.05, 4.69) is 11.1 Å². The monoisotopic (exact) mass is 432 g/mol. The van der Waals surface area contributed by atoms with Crippen molar-refractivity contribution in [1.29, 1.82) is 5.26 Å². The molecule has 0 amide bonds. The molecule has 0 radical (unpaired) electrons. The summed E-state index contributed by atoms with van der Waals surface area (Å²) in [5.74, 6) is 1.11. The van der Waals surface area contributed by atoms with Gasteiger partial charge in [-0.25, -0.2) is 4.99 Å². The molecule has 0 unspecified atom stereocenters. The van der Waals surface area contributed by atoms with Crippen LogP contribution in [0, 0.1) is 11.3 Å². The van der Waals surface area contributed by atoms with Crippen LogP contribution in [0.5, 0.6) is 0 Å². The number of anilines is 1. The number of rotatable bonds is 2. The van der Waals surface area contributed by atoms with Gasteiger partial charge in [-0.2, -0.15) is 5.26 Å². The van der Waals surface area contributed by atoms with E-state index in [-0.39, 0.29) is 11.7 Å². The Hall–Kier alpha value is -4.37. The van der Waals surface area contributed by atoms with Crippen molar-refractivity contribution in [1.82, 2.24) is 0 Å². The molecular weight excluding hydrogens is 412 g/mol. The lowest BCUT2D eigenvalue weighted by Crippen LogP contribution is -2.40. The van der Waals surface area contributed by atoms with Crippen molar-refractivity contribution in [2.24, 2.45) is 10.7 Å². The Balaban J connectivity index is 1.63. The third-order valence-electron chi connectivity index (χ3n) is 6.63. The molecule has 2 aliphatic heterocycles. The second-order valence-electron chi connectivity index (χ2n) is 8.45. The summed E-state index contributed by atoms with van der Waals surface area (Å²) in [7, 11) is 0. The zero-order valence-corrected chi connectivity index (χ0v) is 17.7. The third kappa shape index (κ3) is 2.86. The lowest BCUT2D eigenvalue weighted by Gasteiger charge is -2.43. The van der Waals surface area contributed by atoms with Crippen LogP contribution in [0.2, 0.25) is 0 Å². The summed E-state index contributed by atoms with van der Waals surface area (Å²) >= 11 is 0. The fourth-order valence-electron chi connectivity index (χ4n) is 5.22. The summed E-state index contributed by atoms with van der Waals surface area (Å²) in [5, 5.41) is 10.3. The van der Waals surface area contributed by atoms with Gasteiger partial charge in [-0.15, -0.1) is 0 Å². The second-order valence-corrected chi connectivity index (χ2v) is 8.45. The van der Waals surface area contributed by atoms with Crippen molar-refractivity contribution in [2.45, 2.75) is 24.7 Å². The number of hydrogen-bond acceptors (Lipinski definition) is 6. The summed E-state index contributed by atoms with van der Waals surface area (Å²) in [6.45, 7) is 0. The first-order valence-electron chi connectivity index (χ1n) is 10.9. The van der Waals surface area contributed by atoms with Crippen LogP contribution in [0.3, 0.4) is 0 Å². The number of ketones is 1. The summed E-state index contributed by atoms with van der Waals surface area (Å²) in [5.41, 5.74) is 10.8. The normalized spacial score (nSPS) is 21.7. The van der Waals surface area contributed by atoms with Crippen LogP contribution >= 0.6 is 0 Å². The summed E-state index contributed by atoms with van der Waals surface area (Å²) in [6.07, 6.45) is 2.58. The first-order chi connectivity index (χ1) is 16.2. The Morgan fingerprint density at radius 3 is 2.58 bits per heavy atom. The molecule has 0 saturated carbocycles. The number of aliphatic imine (C=N–C) groups is 1. The number of nitrogens with two attached hydrogens (primary N) is 1. The van der Waals surface area contributed by atoms with Crippen LogP contribution in [0.25, 0.3) is 0 Å². The molecule has 3 heterocycles. The maximum absolute atomic E-state index is 13.7. The number of nitriles is 1. The van der Waals surface area contributed by atoms with E-state index < -0.39 is 5.92 Å². The van der Waals surface area contributed by atoms with E-state index in [0.29, 0.717) is 35.6 Å². The second kappa shape index (κ2) is 7.35. The SMILES string of the molecule is N#CC1=C2N=C(N)c3ccccc3N2C2=C(C(=O)C[C@@H](c3ccco3)C2)[C@@H]1c1ccccc1. The maximum atomic E-state index is 13.7. The number of Topliss-reactive ketones (excluding diaryl/α,β-unsaturated/α-hetero) is 1. The molecule has 33 heavy (non-hydrogen) atoms. The number of para-hydroxylation sites is 1. The molecule has 6 heteroatoms. The van der Waals surface area contributed by atoms with Gasteiger partial charge in [0.2, 0.25) is 0 Å². The number of nitrogens with zero attached hydrogens (tertiary/aromatic N) is 3. The lowest BCUT2D eigenvalue weighted by molar-refractivity contribution is -0.116. The van der Waals surface area contributed by atoms with Crippen LogP contribution in [0.4, 0.5) is 5.69 Å². The Bertz CT molecular complexity index is 1410. The largest absolute Gasteiger partial charge is 0.469 e. The van der Waals surface area contributed by atoms with Gasteiger partial charge in [-0.1, -0.05) is 42.5 Å². The van der Waals surface area contributed by atoms with Gasteiger partial charge in [0.05, 0.1) is 29.5 Å². The molecule has 6 rings (SSSR count). The van der Waals surface area contributed by atoms with Crippen molar-refractivity contribution in [2.75, 3.05) is 4.90 Å². The molecule has 0 spiro atoms. The highest BCUT2D eigenvalue weighted by Gasteiger charge is 2.45. The first-order valence-corrected chi connectivity index (χ1v) is 10.9. The number of carbonyl (C=O) groups excluding carboxylic acids is 1. The minimum absolute atomic E-state index is 0.0262. The summed E-state index contributed by atoms with van der Waals surface area (Å²) < 4.78 is 5.67. The van der Waals surface area contributed by atoms with Gasteiger partial charge in [-0.3, -0.25) is 9.69 Å². The molecule has 0 bridgehead atoms. The van der Waals surface area contributed by atoms with Crippen LogP contribution < -0.4 is 10.6 Å². The minimum Gasteiger partial charge on any atom is -0.469 e. The third-order valence-corrected chi connectivity index (χ3v) is 6.63. The fraction of sp³-hybridized carbons (Fsp3) is 0.148. The van der Waals surface area contributed by atoms with Crippen molar-refractivity contribution < 1.29 is 9.21 Å². The van der Waals surface area contributed by atoms with Crippen molar-refractivity contribution >= 4 is 17.3 Å². The van der Waals surface area contributed by atoms with Gasteiger partial charge in [0.1, 0.15) is 11.6 Å². The number of benzene rings is 2. The van der Waals surface area contributed by atoms with Crippen LogP contribution in [-0.4, -0.2) is 11.6 Å². The molecule has 0 fully saturated rings. The highest BCUT2D eigenvalue weighted by Crippen LogP contribution is 2.51. The lowest BCUT2D eigenvalue weighted by atomic mass is 9.72. The molecule has 2 atom stereocenters. The van der Waals surface area contributed by atoms with E-state index in [9.17, 15) is 10.1 Å². The van der Waals surface area contributed by atoms with Crippen molar-refractivity contribution in [3.63, 3.8) is 0 Å². The Labute approximate surface area is 191 Å². The van der Waals surface area contributed by atoms with Gasteiger partial charge in [0.25, 0.3) is 0 Å². The van der Waals surface area contributed by atoms with E-state index in [1.165, 1.54) is 0 Å². The molecule has 2 N–H and O–H groups in total. The standard InChI is InChI=1S/C27H20N4O2/c28-15-19-24(16-7-2-1-3-8-16)25-21(13-17(14-22(25)32)23-11-6-12-33-23)31-20-10-5-4-9-18(20)26(29)30-27(19)31/h1-12,17,24H,13-14H2,(H2,29,30)/t17-,24+/m0/s1. The van der Waals surface area contributed by atoms with Gasteiger partial charge < -0.3 is 10.2 Å². The number of allylic oxidation sites excluding steroid dienone is 3. The van der Waals surface area contributed by atoms with Gasteiger partial charge in [0.15, 0.2) is 11.6 Å². The van der Waals surface area contributed by atoms with E-state index >= 15 is 0 Å². The molecule has 6 nitrogen and oxygen atoms in total. The van der Waals surface area contributed by atoms with E-state index in [1.807, 2.05) is 71.6 Å². The Morgan fingerprint density at radius 1 is 1.03 bits per heavy atom. The highest BCUT2D eigenvalue weighted by atomic mass is 16.3. The predicted molar refractivity (Wildman–Crippen MR) is 124 cm³/mol. The molecule has 1 aliphatic carbocycles. The quantitative estimate of drug-likeness (QED) is 0.631. The van der Waals surface area contributed by atoms with E-state index in [4.69, 9.17) is 10.2 Å². The average molecular weight is 432 g/mol. The van der Waals surface area contributed by atoms with E-state index in [1.54, 1.807) is 6.26 Å². The molecule has 160 valence electrons. The molecule has 1 aromatic heterocycles. The Kier molecular flexibility index (Phi) is 4.30. The van der Waals surface area contributed by atoms with Gasteiger partial charge in [0, 0.05) is 29.2 Å². The number of furan rings is 1. The molecule has 2 aromatic carbocycles. The first kappa shape index (κ1) is 19.3. The number of carbonyl (C=O) groups is 1. The molecule has 3 aliphatic rings. The smallest absolute Gasteiger partial charge is 0.162 e. The van der Waals surface area contributed by atoms with Gasteiger partial charge >= 0.3 is 0 Å². The van der Waals surface area contributed by atoms with Crippen LogP contribution in [0.1, 0.15) is 41.6 Å². The fourth-order valence-corrected chi connectivity index (χ4v) is 5.22. The van der Waals surface area contributed by atoms with E-state index in [0.717, 1.165) is 28.3 Å².